The van der Waals surface area contributed by atoms with E-state index in [9.17, 15) is 29.4 Å². The highest BCUT2D eigenvalue weighted by molar-refractivity contribution is 5.96. The van der Waals surface area contributed by atoms with Crippen molar-refractivity contribution in [3.8, 4) is 11.5 Å². The number of benzene rings is 2. The van der Waals surface area contributed by atoms with Gasteiger partial charge in [0.25, 0.3) is 5.91 Å². The van der Waals surface area contributed by atoms with Crippen LogP contribution < -0.4 is 21.1 Å². The maximum atomic E-state index is 12.1. The number of β-amino-alcohol motifs (C(OH)–C–C–N with tert-alkyl or cyclic N) is 1. The summed E-state index contributed by atoms with van der Waals surface area (Å²) in [7, 11) is 0. The molecule has 0 bridgehead atoms. The predicted molar refractivity (Wildman–Crippen MR) is 146 cm³/mol. The first-order valence-corrected chi connectivity index (χ1v) is 12.8. The molecule has 1 aliphatic heterocycles. The highest BCUT2D eigenvalue weighted by atomic mass is 16.5. The molecule has 2 heterocycles. The number of rotatable bonds is 11. The van der Waals surface area contributed by atoms with Gasteiger partial charge in [0.05, 0.1) is 17.3 Å². The average molecular weight is 592 g/mol. The first-order chi connectivity index (χ1) is 19.7. The van der Waals surface area contributed by atoms with Crippen molar-refractivity contribution in [2.45, 2.75) is 57.1 Å². The lowest BCUT2D eigenvalue weighted by molar-refractivity contribution is -0.165. The summed E-state index contributed by atoms with van der Waals surface area (Å²) in [5.74, 6) is -3.92. The van der Waals surface area contributed by atoms with Crippen LogP contribution in [0.15, 0.2) is 45.6 Å². The molecule has 0 fully saturated rings. The van der Waals surface area contributed by atoms with Gasteiger partial charge in [-0.1, -0.05) is 12.1 Å². The molecule has 15 nitrogen and oxygen atoms in total. The van der Waals surface area contributed by atoms with E-state index in [1.54, 1.807) is 10.6 Å². The van der Waals surface area contributed by atoms with Crippen LogP contribution in [0.4, 0.5) is 5.69 Å². The minimum absolute atomic E-state index is 0.0689. The average Bonchev–Trinajstić information content (AvgIpc) is 3.25. The number of phenolic OH excluding ortho intramolecular Hbond substituents is 1. The molecule has 2 aromatic carbocycles. The number of fused-ring (bicyclic) bond motifs is 2. The van der Waals surface area contributed by atoms with Gasteiger partial charge in [-0.2, -0.15) is 0 Å². The van der Waals surface area contributed by atoms with Crippen molar-refractivity contribution < 1.29 is 54.2 Å². The third-order valence-electron chi connectivity index (χ3n) is 6.42. The quantitative estimate of drug-likeness (QED) is 0.151. The number of carbonyl (C=O) groups is 3. The van der Waals surface area contributed by atoms with Crippen molar-refractivity contribution in [2.24, 2.45) is 0 Å². The number of nitrogens with one attached hydrogen (secondary N) is 2. The van der Waals surface area contributed by atoms with Crippen LogP contribution in [-0.4, -0.2) is 84.0 Å². The number of aromatic hydroxyl groups is 1. The van der Waals surface area contributed by atoms with Crippen molar-refractivity contribution in [1.29, 1.82) is 0 Å². The Morgan fingerprint density at radius 1 is 1.07 bits per heavy atom. The van der Waals surface area contributed by atoms with Gasteiger partial charge in [-0.15, -0.1) is 0 Å². The number of carbonyl (C=O) groups excluding carboxylic acids is 1. The van der Waals surface area contributed by atoms with Gasteiger partial charge in [0.15, 0.2) is 24.4 Å². The Labute approximate surface area is 238 Å². The maximum absolute atomic E-state index is 12.1. The molecular formula is C27H33N3O12. The Morgan fingerprint density at radius 3 is 2.36 bits per heavy atom. The van der Waals surface area contributed by atoms with E-state index in [4.69, 9.17) is 29.6 Å². The molecular weight excluding hydrogens is 558 g/mol. The number of hydrogen-bond acceptors (Lipinski definition) is 11. The third kappa shape index (κ3) is 8.07. The molecule has 1 amide bonds. The number of para-hydroxylation sites is 2. The summed E-state index contributed by atoms with van der Waals surface area (Å²) in [5, 5.41) is 59.2. The molecule has 3 atom stereocenters. The zero-order valence-electron chi connectivity index (χ0n) is 22.8. The highest BCUT2D eigenvalue weighted by Gasteiger charge is 2.29. The zero-order valence-corrected chi connectivity index (χ0v) is 22.8. The van der Waals surface area contributed by atoms with Gasteiger partial charge < -0.3 is 50.4 Å². The molecule has 42 heavy (non-hydrogen) atoms. The van der Waals surface area contributed by atoms with Crippen molar-refractivity contribution >= 4 is 34.6 Å². The number of hydrogen-bond donors (Lipinski definition) is 8. The second-order valence-electron chi connectivity index (χ2n) is 10.2. The van der Waals surface area contributed by atoms with E-state index >= 15 is 0 Å². The van der Waals surface area contributed by atoms with Crippen LogP contribution >= 0.6 is 0 Å². The molecule has 8 N–H and O–H groups in total. The van der Waals surface area contributed by atoms with E-state index in [0.717, 1.165) is 18.4 Å². The number of aliphatic hydroxyl groups excluding tert-OH is 3. The smallest absolute Gasteiger partial charge is 0.419 e. The van der Waals surface area contributed by atoms with Crippen LogP contribution in [0.1, 0.15) is 38.4 Å². The van der Waals surface area contributed by atoms with Crippen molar-refractivity contribution in [3.63, 3.8) is 0 Å². The lowest BCUT2D eigenvalue weighted by Gasteiger charge is -2.29. The summed E-state index contributed by atoms with van der Waals surface area (Å²) in [5.41, 5.74) is 1.77. The molecule has 0 radical (unpaired) electrons. The second kappa shape index (κ2) is 13.5. The lowest BCUT2D eigenvalue weighted by Crippen LogP contribution is -2.42. The van der Waals surface area contributed by atoms with Crippen molar-refractivity contribution in [1.82, 2.24) is 9.88 Å². The fourth-order valence-corrected chi connectivity index (χ4v) is 4.21. The number of ether oxygens (including phenoxy) is 1. The minimum Gasteiger partial charge on any atom is -0.508 e. The number of nitrogens with zero attached hydrogens (tertiary/aromatic N) is 1. The summed E-state index contributed by atoms with van der Waals surface area (Å²) < 4.78 is 12.4. The summed E-state index contributed by atoms with van der Waals surface area (Å²) in [6, 6.07) is 10.2. The molecule has 1 aromatic heterocycles. The highest BCUT2D eigenvalue weighted by Crippen LogP contribution is 2.38. The Morgan fingerprint density at radius 2 is 1.71 bits per heavy atom. The Balaban J connectivity index is 0.000000416. The van der Waals surface area contributed by atoms with Crippen LogP contribution in [-0.2, 0) is 20.9 Å². The summed E-state index contributed by atoms with van der Waals surface area (Å²) in [4.78, 5) is 43.2. The van der Waals surface area contributed by atoms with E-state index < -0.39 is 30.3 Å². The molecule has 0 saturated heterocycles. The fourth-order valence-electron chi connectivity index (χ4n) is 4.21. The van der Waals surface area contributed by atoms with E-state index in [1.165, 1.54) is 12.1 Å². The van der Waals surface area contributed by atoms with Gasteiger partial charge in [0, 0.05) is 30.3 Å². The molecule has 15 heteroatoms. The van der Waals surface area contributed by atoms with Crippen LogP contribution in [0.3, 0.4) is 0 Å². The molecule has 3 aromatic rings. The first-order valence-electron chi connectivity index (χ1n) is 12.8. The standard InChI is InChI=1S/C23H27N3O6.C4H6O6/c1-23(2,8-5-9-26-17-6-3-4-7-19(17)32-22(26)30)24-12-18(28)15-10-14(27)11-16-21(15)31-13-20(29)25-16;5-1(3(7)8)2(6)4(9)10/h3-4,6-7,10-11,18,24,27-28H,5,8-9,12-13H2,1-2H3,(H,25,29);1-2,5-6H,(H,7,8)(H,9,10)/t18-;/m0./s1. The number of anilines is 1. The van der Waals surface area contributed by atoms with Crippen LogP contribution in [0.5, 0.6) is 11.5 Å². The monoisotopic (exact) mass is 591 g/mol. The maximum Gasteiger partial charge on any atom is 0.419 e. The summed E-state index contributed by atoms with van der Waals surface area (Å²) >= 11 is 0. The number of carboxylic acid groups (broad SMARTS) is 2. The van der Waals surface area contributed by atoms with Gasteiger partial charge in [0.2, 0.25) is 0 Å². The van der Waals surface area contributed by atoms with Crippen molar-refractivity contribution in [2.75, 3.05) is 18.5 Å². The van der Waals surface area contributed by atoms with Gasteiger partial charge in [-0.05, 0) is 44.9 Å². The first kappa shape index (κ1) is 32.1. The minimum atomic E-state index is -2.27. The van der Waals surface area contributed by atoms with E-state index in [2.05, 4.69) is 10.6 Å². The lowest BCUT2D eigenvalue weighted by atomic mass is 9.97. The fraction of sp³-hybridized carbons (Fsp3) is 0.407. The number of aliphatic carboxylic acids is 2. The molecule has 228 valence electrons. The number of aliphatic hydroxyl groups is 3. The Kier molecular flexibility index (Phi) is 10.3. The van der Waals surface area contributed by atoms with Gasteiger partial charge >= 0.3 is 17.7 Å². The molecule has 0 saturated carbocycles. The molecule has 0 aliphatic carbocycles. The number of aryl methyl sites for hydroxylation is 1. The van der Waals surface area contributed by atoms with Gasteiger partial charge in [-0.3, -0.25) is 9.36 Å². The Bertz CT molecular complexity index is 1480. The van der Waals surface area contributed by atoms with E-state index in [-0.39, 0.29) is 36.1 Å². The number of oxazole rings is 1. The van der Waals surface area contributed by atoms with Gasteiger partial charge in [0.1, 0.15) is 11.5 Å². The number of carboxylic acids is 2. The second-order valence-corrected chi connectivity index (χ2v) is 10.2. The van der Waals surface area contributed by atoms with E-state index in [0.29, 0.717) is 29.1 Å². The van der Waals surface area contributed by atoms with Crippen LogP contribution in [0, 0.1) is 0 Å². The number of aromatic nitrogens is 1. The number of phenols is 1. The van der Waals surface area contributed by atoms with Crippen molar-refractivity contribution in [3.05, 3.63) is 52.5 Å². The molecule has 4 rings (SSSR count). The summed E-state index contributed by atoms with van der Waals surface area (Å²) in [6.45, 7) is 4.64. The molecule has 2 unspecified atom stereocenters. The topological polar surface area (TPSA) is 241 Å². The van der Waals surface area contributed by atoms with E-state index in [1.807, 2.05) is 32.0 Å². The Hall–Kier alpha value is -4.44. The van der Waals surface area contributed by atoms with Crippen LogP contribution in [0.2, 0.25) is 0 Å². The molecule has 0 spiro atoms. The zero-order chi connectivity index (χ0) is 31.2. The third-order valence-corrected chi connectivity index (χ3v) is 6.42. The van der Waals surface area contributed by atoms with Crippen LogP contribution in [0.25, 0.3) is 11.1 Å². The normalized spacial score (nSPS) is 14.9. The van der Waals surface area contributed by atoms with Gasteiger partial charge in [-0.25, -0.2) is 14.4 Å². The SMILES string of the molecule is CC(C)(CCCn1c(=O)oc2ccccc21)NC[C@H](O)c1cc(O)cc2c1OCC(=O)N2.O=C(O)C(O)C(O)C(=O)O. The summed E-state index contributed by atoms with van der Waals surface area (Å²) in [6.07, 6.45) is -4.01. The number of amides is 1. The largest absolute Gasteiger partial charge is 0.508 e. The molecule has 1 aliphatic rings. The predicted octanol–water partition coefficient (Wildman–Crippen LogP) is 0.390.